The van der Waals surface area contributed by atoms with Gasteiger partial charge < -0.3 is 4.74 Å². The molecule has 0 amide bonds. The van der Waals surface area contributed by atoms with Crippen molar-refractivity contribution in [3.8, 4) is 0 Å². The molecule has 3 nitrogen and oxygen atoms in total. The van der Waals surface area contributed by atoms with Gasteiger partial charge in [-0.15, -0.1) is 0 Å². The Bertz CT molecular complexity index is 561. The van der Waals surface area contributed by atoms with Crippen molar-refractivity contribution in [3.63, 3.8) is 0 Å². The van der Waals surface area contributed by atoms with Gasteiger partial charge in [-0.05, 0) is 23.1 Å². The third-order valence-corrected chi connectivity index (χ3v) is 3.18. The van der Waals surface area contributed by atoms with E-state index in [2.05, 4.69) is 31.0 Å². The van der Waals surface area contributed by atoms with Crippen molar-refractivity contribution in [1.29, 1.82) is 0 Å². The summed E-state index contributed by atoms with van der Waals surface area (Å²) in [6.45, 7) is 5.73. The average Bonchev–Trinajstić information content (AvgIpc) is 2.45. The van der Waals surface area contributed by atoms with E-state index in [9.17, 15) is 4.79 Å². The molecule has 2 aromatic rings. The molecule has 0 radical (unpaired) electrons. The average molecular weight is 269 g/mol. The van der Waals surface area contributed by atoms with E-state index in [1.54, 1.807) is 12.4 Å². The van der Waals surface area contributed by atoms with Gasteiger partial charge in [-0.2, -0.15) is 0 Å². The second kappa shape index (κ2) is 6.33. The molecular weight excluding hydrogens is 250 g/mol. The Labute approximate surface area is 119 Å². The van der Waals surface area contributed by atoms with Crippen LogP contribution in [-0.2, 0) is 9.53 Å². The van der Waals surface area contributed by atoms with Crippen LogP contribution in [0.15, 0.2) is 48.8 Å². The Kier molecular flexibility index (Phi) is 4.51. The lowest BCUT2D eigenvalue weighted by molar-refractivity contribution is -0.144. The first-order chi connectivity index (χ1) is 9.58. The maximum Gasteiger partial charge on any atom is 0.303 e. The highest BCUT2D eigenvalue weighted by molar-refractivity contribution is 5.66. The monoisotopic (exact) mass is 269 g/mol. The Morgan fingerprint density at radius 3 is 2.20 bits per heavy atom. The minimum atomic E-state index is -0.401. The largest absolute Gasteiger partial charge is 0.453 e. The first-order valence-corrected chi connectivity index (χ1v) is 6.75. The predicted molar refractivity (Wildman–Crippen MR) is 78.4 cm³/mol. The molecule has 0 aliphatic carbocycles. The van der Waals surface area contributed by atoms with Crippen LogP contribution in [0.2, 0.25) is 0 Å². The summed E-state index contributed by atoms with van der Waals surface area (Å²) >= 11 is 0. The summed E-state index contributed by atoms with van der Waals surface area (Å²) in [6, 6.07) is 11.9. The number of ether oxygens (including phenoxy) is 1. The molecule has 0 N–H and O–H groups in total. The van der Waals surface area contributed by atoms with Gasteiger partial charge >= 0.3 is 5.97 Å². The van der Waals surface area contributed by atoms with Crippen LogP contribution < -0.4 is 0 Å². The van der Waals surface area contributed by atoms with Crippen molar-refractivity contribution in [2.24, 2.45) is 0 Å². The van der Waals surface area contributed by atoms with Gasteiger partial charge in [0.2, 0.25) is 0 Å². The summed E-state index contributed by atoms with van der Waals surface area (Å²) in [4.78, 5) is 15.4. The highest BCUT2D eigenvalue weighted by atomic mass is 16.5. The van der Waals surface area contributed by atoms with Crippen LogP contribution in [0.5, 0.6) is 0 Å². The zero-order chi connectivity index (χ0) is 14.5. The highest BCUT2D eigenvalue weighted by Gasteiger charge is 2.17. The fourth-order valence-electron chi connectivity index (χ4n) is 2.08. The molecular formula is C17H19NO2. The van der Waals surface area contributed by atoms with Crippen molar-refractivity contribution in [3.05, 3.63) is 65.5 Å². The Hall–Kier alpha value is -2.16. The van der Waals surface area contributed by atoms with Gasteiger partial charge in [-0.1, -0.05) is 44.2 Å². The van der Waals surface area contributed by atoms with Crippen LogP contribution in [0.3, 0.4) is 0 Å². The molecule has 20 heavy (non-hydrogen) atoms. The molecule has 1 heterocycles. The summed E-state index contributed by atoms with van der Waals surface area (Å²) in [5.41, 5.74) is 3.10. The fourth-order valence-corrected chi connectivity index (χ4v) is 2.08. The van der Waals surface area contributed by atoms with E-state index in [0.717, 1.165) is 11.1 Å². The van der Waals surface area contributed by atoms with Gasteiger partial charge in [0.15, 0.2) is 6.10 Å². The Morgan fingerprint density at radius 1 is 1.05 bits per heavy atom. The first-order valence-electron chi connectivity index (χ1n) is 6.75. The van der Waals surface area contributed by atoms with E-state index in [-0.39, 0.29) is 5.97 Å². The first kappa shape index (κ1) is 14.3. The summed E-state index contributed by atoms with van der Waals surface area (Å²) in [5, 5.41) is 0. The third-order valence-electron chi connectivity index (χ3n) is 3.18. The summed E-state index contributed by atoms with van der Waals surface area (Å²) in [6.07, 6.45) is 3.03. The van der Waals surface area contributed by atoms with Gasteiger partial charge in [0.1, 0.15) is 0 Å². The molecule has 0 fully saturated rings. The van der Waals surface area contributed by atoms with E-state index in [0.29, 0.717) is 5.92 Å². The summed E-state index contributed by atoms with van der Waals surface area (Å²) in [7, 11) is 0. The van der Waals surface area contributed by atoms with Gasteiger partial charge in [-0.3, -0.25) is 9.78 Å². The third kappa shape index (κ3) is 3.44. The van der Waals surface area contributed by atoms with Crippen molar-refractivity contribution >= 4 is 5.97 Å². The van der Waals surface area contributed by atoms with E-state index in [1.165, 1.54) is 12.5 Å². The lowest BCUT2D eigenvalue weighted by atomic mass is 9.97. The predicted octanol–water partition coefficient (Wildman–Crippen LogP) is 3.86. The molecule has 0 aliphatic heterocycles. The Balaban J connectivity index is 2.34. The second-order valence-electron chi connectivity index (χ2n) is 5.10. The van der Waals surface area contributed by atoms with Crippen molar-refractivity contribution < 1.29 is 9.53 Å². The number of carbonyl (C=O) groups is 1. The topological polar surface area (TPSA) is 39.2 Å². The SMILES string of the molecule is CC(=O)O[C@@H](c1ccc(C(C)C)cc1)c1cccnc1. The molecule has 1 atom stereocenters. The van der Waals surface area contributed by atoms with Crippen LogP contribution in [0.1, 0.15) is 49.5 Å². The van der Waals surface area contributed by atoms with E-state index in [4.69, 9.17) is 4.74 Å². The summed E-state index contributed by atoms with van der Waals surface area (Å²) < 4.78 is 5.44. The Morgan fingerprint density at radius 2 is 1.70 bits per heavy atom. The number of benzene rings is 1. The second-order valence-corrected chi connectivity index (χ2v) is 5.10. The molecule has 3 heteroatoms. The lowest BCUT2D eigenvalue weighted by Gasteiger charge is -2.18. The summed E-state index contributed by atoms with van der Waals surface area (Å²) in [5.74, 6) is 0.182. The van der Waals surface area contributed by atoms with Crippen LogP contribution in [0.25, 0.3) is 0 Å². The fraction of sp³-hybridized carbons (Fsp3) is 0.294. The van der Waals surface area contributed by atoms with Crippen LogP contribution >= 0.6 is 0 Å². The molecule has 0 spiro atoms. The standard InChI is InChI=1S/C17H19NO2/c1-12(2)14-6-8-15(9-7-14)17(20-13(3)19)16-5-4-10-18-11-16/h4-12,17H,1-3H3/t17-/m0/s1. The maximum absolute atomic E-state index is 11.3. The quantitative estimate of drug-likeness (QED) is 0.791. The number of rotatable bonds is 4. The molecule has 0 bridgehead atoms. The normalized spacial score (nSPS) is 12.2. The van der Waals surface area contributed by atoms with Gasteiger partial charge in [-0.25, -0.2) is 0 Å². The molecule has 1 aromatic heterocycles. The van der Waals surface area contributed by atoms with Crippen molar-refractivity contribution in [1.82, 2.24) is 4.98 Å². The lowest BCUT2D eigenvalue weighted by Crippen LogP contribution is -2.10. The number of hydrogen-bond donors (Lipinski definition) is 0. The molecule has 104 valence electrons. The number of hydrogen-bond acceptors (Lipinski definition) is 3. The van der Waals surface area contributed by atoms with E-state index in [1.807, 2.05) is 24.3 Å². The van der Waals surface area contributed by atoms with Crippen LogP contribution in [-0.4, -0.2) is 11.0 Å². The molecule has 2 rings (SSSR count). The molecule has 0 aliphatic rings. The van der Waals surface area contributed by atoms with Gasteiger partial charge in [0, 0.05) is 24.9 Å². The zero-order valence-corrected chi connectivity index (χ0v) is 12.0. The van der Waals surface area contributed by atoms with E-state index >= 15 is 0 Å². The van der Waals surface area contributed by atoms with Gasteiger partial charge in [0.25, 0.3) is 0 Å². The van der Waals surface area contributed by atoms with Crippen molar-refractivity contribution in [2.75, 3.05) is 0 Å². The number of aromatic nitrogens is 1. The van der Waals surface area contributed by atoms with Crippen LogP contribution in [0, 0.1) is 0 Å². The minimum Gasteiger partial charge on any atom is -0.453 e. The minimum absolute atomic E-state index is 0.299. The molecule has 0 saturated heterocycles. The van der Waals surface area contributed by atoms with Crippen LogP contribution in [0.4, 0.5) is 0 Å². The number of carbonyl (C=O) groups excluding carboxylic acids is 1. The number of nitrogens with zero attached hydrogens (tertiary/aromatic N) is 1. The zero-order valence-electron chi connectivity index (χ0n) is 12.0. The highest BCUT2D eigenvalue weighted by Crippen LogP contribution is 2.27. The maximum atomic E-state index is 11.3. The number of pyridine rings is 1. The smallest absolute Gasteiger partial charge is 0.303 e. The molecule has 1 aromatic carbocycles. The van der Waals surface area contributed by atoms with Crippen molar-refractivity contribution in [2.45, 2.75) is 32.8 Å². The number of esters is 1. The molecule has 0 unspecified atom stereocenters. The van der Waals surface area contributed by atoms with E-state index < -0.39 is 6.10 Å². The molecule has 0 saturated carbocycles. The van der Waals surface area contributed by atoms with Gasteiger partial charge in [0.05, 0.1) is 0 Å².